The molecular formula is C10H6F7NO3. The van der Waals surface area contributed by atoms with Crippen molar-refractivity contribution in [2.75, 3.05) is 7.11 Å². The summed E-state index contributed by atoms with van der Waals surface area (Å²) >= 11 is 0. The van der Waals surface area contributed by atoms with Crippen LogP contribution in [0.15, 0.2) is 16.9 Å². The minimum atomic E-state index is -6.53. The lowest BCUT2D eigenvalue weighted by Gasteiger charge is -2.27. The summed E-state index contributed by atoms with van der Waals surface area (Å²) in [5.74, 6) is -13.4. The van der Waals surface area contributed by atoms with Gasteiger partial charge in [-0.15, -0.1) is 0 Å². The van der Waals surface area contributed by atoms with Gasteiger partial charge < -0.3 is 9.72 Å². The molecule has 0 fully saturated rings. The number of methoxy groups -OCH3 is 1. The van der Waals surface area contributed by atoms with Crippen LogP contribution in [-0.2, 0) is 10.7 Å². The number of hydrogen-bond acceptors (Lipinski definition) is 3. The molecule has 0 spiro atoms. The molecule has 0 unspecified atom stereocenters. The maximum Gasteiger partial charge on any atom is 0.460 e. The predicted molar refractivity (Wildman–Crippen MR) is 53.3 cm³/mol. The number of aromatic nitrogens is 1. The number of halogens is 7. The van der Waals surface area contributed by atoms with Crippen LogP contribution in [0.5, 0.6) is 0 Å². The molecule has 118 valence electrons. The third kappa shape index (κ3) is 2.72. The van der Waals surface area contributed by atoms with Crippen molar-refractivity contribution in [3.8, 4) is 0 Å². The van der Waals surface area contributed by atoms with E-state index >= 15 is 0 Å². The summed E-state index contributed by atoms with van der Waals surface area (Å²) in [6.07, 6.45) is -6.53. The molecule has 0 aliphatic rings. The highest BCUT2D eigenvalue weighted by Crippen LogP contribution is 2.50. The minimum absolute atomic E-state index is 0.0767. The number of carbonyl (C=O) groups is 1. The van der Waals surface area contributed by atoms with Gasteiger partial charge in [0, 0.05) is 0 Å². The molecule has 1 rings (SSSR count). The Labute approximate surface area is 111 Å². The number of nitrogens with one attached hydrogen (secondary N) is 1. The van der Waals surface area contributed by atoms with Gasteiger partial charge in [-0.2, -0.15) is 30.7 Å². The molecule has 1 heterocycles. The molecule has 0 bridgehead atoms. The molecule has 0 amide bonds. The summed E-state index contributed by atoms with van der Waals surface area (Å²) in [5.41, 5.74) is -4.40. The van der Waals surface area contributed by atoms with E-state index in [4.69, 9.17) is 0 Å². The van der Waals surface area contributed by atoms with Crippen molar-refractivity contribution in [1.29, 1.82) is 0 Å². The fourth-order valence-corrected chi connectivity index (χ4v) is 1.27. The predicted octanol–water partition coefficient (Wildman–Crippen LogP) is 2.45. The minimum Gasteiger partial charge on any atom is -0.465 e. The first kappa shape index (κ1) is 17.0. The van der Waals surface area contributed by atoms with E-state index in [2.05, 4.69) is 4.74 Å². The van der Waals surface area contributed by atoms with Crippen molar-refractivity contribution in [2.24, 2.45) is 0 Å². The smallest absolute Gasteiger partial charge is 0.460 e. The van der Waals surface area contributed by atoms with Crippen LogP contribution in [-0.4, -0.2) is 30.2 Å². The molecule has 1 aromatic rings. The third-order valence-corrected chi connectivity index (χ3v) is 2.40. The van der Waals surface area contributed by atoms with Crippen molar-refractivity contribution < 1.29 is 40.3 Å². The molecule has 0 radical (unpaired) electrons. The summed E-state index contributed by atoms with van der Waals surface area (Å²) in [7, 11) is 0.849. The summed E-state index contributed by atoms with van der Waals surface area (Å²) in [4.78, 5) is 23.4. The summed E-state index contributed by atoms with van der Waals surface area (Å²) in [6, 6.07) is 0.438. The van der Waals surface area contributed by atoms with E-state index in [1.54, 1.807) is 0 Å². The molecule has 0 aliphatic carbocycles. The first-order valence-corrected chi connectivity index (χ1v) is 5.00. The standard InChI is InChI=1S/C10H6F7NO3/c1-21-7(20)4-2-3-5(18-6(4)19)8(11,12)9(13,14)10(15,16)17/h2-3H,1H3,(H,18,19). The second kappa shape index (κ2) is 5.04. The van der Waals surface area contributed by atoms with Crippen LogP contribution in [0, 0.1) is 0 Å². The Hall–Kier alpha value is -2.07. The van der Waals surface area contributed by atoms with Gasteiger partial charge in [0.15, 0.2) is 0 Å². The zero-order valence-electron chi connectivity index (χ0n) is 10.0. The Morgan fingerprint density at radius 3 is 2.00 bits per heavy atom. The number of carbonyl (C=O) groups excluding carboxylic acids is 1. The largest absolute Gasteiger partial charge is 0.465 e. The highest BCUT2D eigenvalue weighted by atomic mass is 19.4. The fourth-order valence-electron chi connectivity index (χ4n) is 1.27. The van der Waals surface area contributed by atoms with Gasteiger partial charge in [0.25, 0.3) is 5.56 Å². The lowest BCUT2D eigenvalue weighted by atomic mass is 10.1. The Morgan fingerprint density at radius 2 is 1.62 bits per heavy atom. The van der Waals surface area contributed by atoms with Crippen LogP contribution >= 0.6 is 0 Å². The first-order chi connectivity index (χ1) is 9.36. The van der Waals surface area contributed by atoms with Crippen molar-refractivity contribution in [2.45, 2.75) is 18.0 Å². The maximum atomic E-state index is 13.3. The average Bonchev–Trinajstić information content (AvgIpc) is 2.36. The highest BCUT2D eigenvalue weighted by molar-refractivity contribution is 5.88. The van der Waals surface area contributed by atoms with Gasteiger partial charge in [0.1, 0.15) is 5.56 Å². The van der Waals surface area contributed by atoms with Crippen LogP contribution < -0.4 is 5.56 Å². The van der Waals surface area contributed by atoms with E-state index in [0.717, 1.165) is 12.1 Å². The Morgan fingerprint density at radius 1 is 1.10 bits per heavy atom. The highest BCUT2D eigenvalue weighted by Gasteiger charge is 2.74. The summed E-state index contributed by atoms with van der Waals surface area (Å²) < 4.78 is 92.1. The van der Waals surface area contributed by atoms with Gasteiger partial charge in [-0.25, -0.2) is 4.79 Å². The van der Waals surface area contributed by atoms with Gasteiger partial charge >= 0.3 is 24.0 Å². The second-order valence-electron chi connectivity index (χ2n) is 3.75. The number of ether oxygens (including phenoxy) is 1. The number of esters is 1. The average molecular weight is 321 g/mol. The van der Waals surface area contributed by atoms with Gasteiger partial charge in [0.05, 0.1) is 12.8 Å². The number of rotatable bonds is 3. The molecule has 0 atom stereocenters. The van der Waals surface area contributed by atoms with E-state index < -0.39 is 40.8 Å². The quantitative estimate of drug-likeness (QED) is 0.687. The number of alkyl halides is 7. The number of H-pyrrole nitrogens is 1. The fraction of sp³-hybridized carbons (Fsp3) is 0.400. The number of aromatic amines is 1. The van der Waals surface area contributed by atoms with Crippen LogP contribution in [0.25, 0.3) is 0 Å². The van der Waals surface area contributed by atoms with E-state index in [9.17, 15) is 40.3 Å². The molecule has 21 heavy (non-hydrogen) atoms. The van der Waals surface area contributed by atoms with Crippen molar-refractivity contribution >= 4 is 5.97 Å². The number of pyridine rings is 1. The Balaban J connectivity index is 3.38. The molecular weight excluding hydrogens is 315 g/mol. The van der Waals surface area contributed by atoms with E-state index in [1.807, 2.05) is 0 Å². The molecule has 0 saturated heterocycles. The van der Waals surface area contributed by atoms with E-state index in [-0.39, 0.29) is 6.07 Å². The zero-order valence-corrected chi connectivity index (χ0v) is 10.0. The lowest BCUT2D eigenvalue weighted by Crippen LogP contribution is -2.50. The molecule has 1 N–H and O–H groups in total. The Kier molecular flexibility index (Phi) is 4.08. The molecule has 1 aromatic heterocycles. The van der Waals surface area contributed by atoms with Crippen molar-refractivity contribution in [3.05, 3.63) is 33.7 Å². The SMILES string of the molecule is COC(=O)c1ccc(C(F)(F)C(F)(F)C(F)(F)F)[nH]c1=O. The number of hydrogen-bond donors (Lipinski definition) is 1. The lowest BCUT2D eigenvalue weighted by molar-refractivity contribution is -0.360. The van der Waals surface area contributed by atoms with Crippen LogP contribution in [0.2, 0.25) is 0 Å². The molecule has 11 heteroatoms. The monoisotopic (exact) mass is 321 g/mol. The Bertz CT molecular complexity index is 605. The van der Waals surface area contributed by atoms with Gasteiger partial charge in [-0.1, -0.05) is 0 Å². The van der Waals surface area contributed by atoms with Crippen LogP contribution in [0.3, 0.4) is 0 Å². The maximum absolute atomic E-state index is 13.3. The molecule has 0 aliphatic heterocycles. The first-order valence-electron chi connectivity index (χ1n) is 5.00. The summed E-state index contributed by atoms with van der Waals surface area (Å²) in [5, 5.41) is 0. The molecule has 0 saturated carbocycles. The second-order valence-corrected chi connectivity index (χ2v) is 3.75. The van der Waals surface area contributed by atoms with Crippen LogP contribution in [0.4, 0.5) is 30.7 Å². The van der Waals surface area contributed by atoms with Crippen LogP contribution in [0.1, 0.15) is 16.1 Å². The van der Waals surface area contributed by atoms with Crippen molar-refractivity contribution in [1.82, 2.24) is 4.98 Å². The summed E-state index contributed by atoms with van der Waals surface area (Å²) in [6.45, 7) is 0. The van der Waals surface area contributed by atoms with Crippen molar-refractivity contribution in [3.63, 3.8) is 0 Å². The van der Waals surface area contributed by atoms with Gasteiger partial charge in [0.2, 0.25) is 0 Å². The topological polar surface area (TPSA) is 59.2 Å². The molecule has 0 aromatic carbocycles. The zero-order chi connectivity index (χ0) is 16.6. The third-order valence-electron chi connectivity index (χ3n) is 2.40. The van der Waals surface area contributed by atoms with Gasteiger partial charge in [-0.3, -0.25) is 4.79 Å². The molecule has 4 nitrogen and oxygen atoms in total. The van der Waals surface area contributed by atoms with Gasteiger partial charge in [-0.05, 0) is 12.1 Å². The normalized spacial score (nSPS) is 13.1. The van der Waals surface area contributed by atoms with E-state index in [0.29, 0.717) is 6.07 Å². The van der Waals surface area contributed by atoms with E-state index in [1.165, 1.54) is 0 Å².